The lowest BCUT2D eigenvalue weighted by Gasteiger charge is -2.18. The maximum absolute atomic E-state index is 12.0. The van der Waals surface area contributed by atoms with Gasteiger partial charge in [0.15, 0.2) is 0 Å². The van der Waals surface area contributed by atoms with Crippen LogP contribution in [-0.4, -0.2) is 23.3 Å². The molecule has 4 heteroatoms. The fourth-order valence-electron chi connectivity index (χ4n) is 2.61. The summed E-state index contributed by atoms with van der Waals surface area (Å²) in [6.07, 6.45) is 1.90. The van der Waals surface area contributed by atoms with E-state index in [2.05, 4.69) is 27.3 Å². The minimum Gasteiger partial charge on any atom is -0.356 e. The lowest BCUT2D eigenvalue weighted by molar-refractivity contribution is 0.259. The highest BCUT2D eigenvalue weighted by Crippen LogP contribution is 2.16. The minimum absolute atomic E-state index is 0.304. The van der Waals surface area contributed by atoms with E-state index in [1.54, 1.807) is 0 Å². The average Bonchev–Trinajstić information content (AvgIpc) is 2.96. The van der Waals surface area contributed by atoms with Crippen molar-refractivity contribution in [3.63, 3.8) is 0 Å². The van der Waals surface area contributed by atoms with E-state index in [0.717, 1.165) is 37.5 Å². The summed E-state index contributed by atoms with van der Waals surface area (Å²) in [7, 11) is 0. The molecule has 0 atom stereocenters. The molecule has 0 aromatic heterocycles. The van der Waals surface area contributed by atoms with E-state index in [1.165, 1.54) is 5.56 Å². The van der Waals surface area contributed by atoms with Gasteiger partial charge in [-0.1, -0.05) is 48.5 Å². The lowest BCUT2D eigenvalue weighted by atomic mass is 10.2. The predicted octanol–water partition coefficient (Wildman–Crippen LogP) is 3.91. The standard InChI is InChI=1S/C18H19N3O/c22-18(19-16-10-5-2-6-11-16)20-17-12-7-13-21(17)14-15-8-3-1-4-9-15/h1-6,8-11H,7,12-14H2,(H,19,22)/b20-17-. The topological polar surface area (TPSA) is 44.7 Å². The van der Waals surface area contributed by atoms with Gasteiger partial charge in [-0.15, -0.1) is 0 Å². The zero-order valence-electron chi connectivity index (χ0n) is 12.4. The molecule has 1 saturated heterocycles. The van der Waals surface area contributed by atoms with Crippen molar-refractivity contribution in [2.45, 2.75) is 19.4 Å². The first-order chi connectivity index (χ1) is 10.8. The van der Waals surface area contributed by atoms with E-state index in [1.807, 2.05) is 48.5 Å². The first kappa shape index (κ1) is 14.3. The molecular formula is C18H19N3O. The molecule has 2 amide bonds. The van der Waals surface area contributed by atoms with Crippen LogP contribution in [0, 0.1) is 0 Å². The maximum atomic E-state index is 12.0. The normalized spacial score (nSPS) is 16.0. The number of rotatable bonds is 3. The number of para-hydroxylation sites is 1. The van der Waals surface area contributed by atoms with Crippen LogP contribution in [0.25, 0.3) is 0 Å². The number of carbonyl (C=O) groups excluding carboxylic acids is 1. The number of amides is 2. The van der Waals surface area contributed by atoms with Crippen molar-refractivity contribution in [3.05, 3.63) is 66.2 Å². The second-order valence-corrected chi connectivity index (χ2v) is 5.33. The van der Waals surface area contributed by atoms with E-state index >= 15 is 0 Å². The third kappa shape index (κ3) is 3.73. The Morgan fingerprint density at radius 1 is 1.05 bits per heavy atom. The molecule has 1 N–H and O–H groups in total. The van der Waals surface area contributed by atoms with Crippen LogP contribution < -0.4 is 5.32 Å². The molecule has 0 spiro atoms. The van der Waals surface area contributed by atoms with E-state index < -0.39 is 0 Å². The van der Waals surface area contributed by atoms with Gasteiger partial charge in [-0.2, -0.15) is 4.99 Å². The Bertz CT molecular complexity index is 653. The second-order valence-electron chi connectivity index (χ2n) is 5.33. The molecule has 4 nitrogen and oxygen atoms in total. The van der Waals surface area contributed by atoms with Crippen molar-refractivity contribution in [2.75, 3.05) is 11.9 Å². The fourth-order valence-corrected chi connectivity index (χ4v) is 2.61. The average molecular weight is 293 g/mol. The summed E-state index contributed by atoms with van der Waals surface area (Å²) in [4.78, 5) is 18.5. The van der Waals surface area contributed by atoms with E-state index in [9.17, 15) is 4.79 Å². The molecule has 0 radical (unpaired) electrons. The Hall–Kier alpha value is -2.62. The molecule has 1 aliphatic heterocycles. The monoisotopic (exact) mass is 293 g/mol. The van der Waals surface area contributed by atoms with Crippen LogP contribution in [0.2, 0.25) is 0 Å². The number of carbonyl (C=O) groups is 1. The zero-order chi connectivity index (χ0) is 15.2. The molecule has 112 valence electrons. The van der Waals surface area contributed by atoms with Crippen molar-refractivity contribution in [1.82, 2.24) is 4.90 Å². The van der Waals surface area contributed by atoms with Gasteiger partial charge in [-0.05, 0) is 24.1 Å². The largest absolute Gasteiger partial charge is 0.356 e. The summed E-state index contributed by atoms with van der Waals surface area (Å²) in [5.74, 6) is 0.872. The van der Waals surface area contributed by atoms with Crippen molar-refractivity contribution >= 4 is 17.6 Å². The van der Waals surface area contributed by atoms with Crippen LogP contribution in [0.3, 0.4) is 0 Å². The van der Waals surface area contributed by atoms with Crippen molar-refractivity contribution in [1.29, 1.82) is 0 Å². The fraction of sp³-hybridized carbons (Fsp3) is 0.222. The van der Waals surface area contributed by atoms with E-state index in [-0.39, 0.29) is 6.03 Å². The summed E-state index contributed by atoms with van der Waals surface area (Å²) in [5, 5.41) is 2.80. The maximum Gasteiger partial charge on any atom is 0.347 e. The summed E-state index contributed by atoms with van der Waals surface area (Å²) < 4.78 is 0. The van der Waals surface area contributed by atoms with Gasteiger partial charge >= 0.3 is 6.03 Å². The van der Waals surface area contributed by atoms with Crippen molar-refractivity contribution < 1.29 is 4.79 Å². The Balaban J connectivity index is 1.65. The highest BCUT2D eigenvalue weighted by molar-refractivity contribution is 6.00. The van der Waals surface area contributed by atoms with Crippen LogP contribution >= 0.6 is 0 Å². The molecular weight excluding hydrogens is 274 g/mol. The third-order valence-electron chi connectivity index (χ3n) is 3.67. The van der Waals surface area contributed by atoms with Gasteiger partial charge in [0.1, 0.15) is 5.84 Å². The lowest BCUT2D eigenvalue weighted by Crippen LogP contribution is -2.26. The number of nitrogens with one attached hydrogen (secondary N) is 1. The molecule has 2 aromatic rings. The molecule has 0 saturated carbocycles. The molecule has 1 fully saturated rings. The van der Waals surface area contributed by atoms with E-state index in [0.29, 0.717) is 0 Å². The summed E-state index contributed by atoms with van der Waals surface area (Å²) in [6, 6.07) is 19.4. The summed E-state index contributed by atoms with van der Waals surface area (Å²) in [5.41, 5.74) is 2.00. The molecule has 0 bridgehead atoms. The number of aliphatic imine (C=N–C) groups is 1. The Morgan fingerprint density at radius 2 is 1.73 bits per heavy atom. The van der Waals surface area contributed by atoms with Crippen LogP contribution in [0.4, 0.5) is 10.5 Å². The van der Waals surface area contributed by atoms with E-state index in [4.69, 9.17) is 0 Å². The zero-order valence-corrected chi connectivity index (χ0v) is 12.4. The van der Waals surface area contributed by atoms with Gasteiger partial charge in [-0.25, -0.2) is 4.79 Å². The minimum atomic E-state index is -0.304. The van der Waals surface area contributed by atoms with Crippen molar-refractivity contribution in [2.24, 2.45) is 4.99 Å². The number of urea groups is 1. The smallest absolute Gasteiger partial charge is 0.347 e. The second kappa shape index (κ2) is 6.89. The number of nitrogens with zero attached hydrogens (tertiary/aromatic N) is 2. The van der Waals surface area contributed by atoms with Crippen molar-refractivity contribution in [3.8, 4) is 0 Å². The Morgan fingerprint density at radius 3 is 2.45 bits per heavy atom. The Labute approximate surface area is 130 Å². The molecule has 22 heavy (non-hydrogen) atoms. The molecule has 1 heterocycles. The molecule has 3 rings (SSSR count). The van der Waals surface area contributed by atoms with Gasteiger partial charge in [0, 0.05) is 25.2 Å². The number of amidine groups is 1. The van der Waals surface area contributed by atoms with Crippen LogP contribution in [0.1, 0.15) is 18.4 Å². The van der Waals surface area contributed by atoms with Gasteiger partial charge < -0.3 is 10.2 Å². The molecule has 2 aromatic carbocycles. The number of hydrogen-bond acceptors (Lipinski definition) is 1. The Kier molecular flexibility index (Phi) is 4.49. The number of anilines is 1. The quantitative estimate of drug-likeness (QED) is 0.932. The van der Waals surface area contributed by atoms with Crippen LogP contribution in [-0.2, 0) is 6.54 Å². The highest BCUT2D eigenvalue weighted by atomic mass is 16.2. The molecule has 0 aliphatic carbocycles. The first-order valence-electron chi connectivity index (χ1n) is 7.54. The van der Waals surface area contributed by atoms with Gasteiger partial charge in [-0.3, -0.25) is 0 Å². The SMILES string of the molecule is O=C(/N=C1/CCCN1Cc1ccccc1)Nc1ccccc1. The summed E-state index contributed by atoms with van der Waals surface area (Å²) >= 11 is 0. The van der Waals surface area contributed by atoms with Crippen LogP contribution in [0.15, 0.2) is 65.7 Å². The van der Waals surface area contributed by atoms with Gasteiger partial charge in [0.05, 0.1) is 0 Å². The number of likely N-dealkylation sites (tertiary alicyclic amines) is 1. The first-order valence-corrected chi connectivity index (χ1v) is 7.54. The number of hydrogen-bond donors (Lipinski definition) is 1. The van der Waals surface area contributed by atoms with Gasteiger partial charge in [0.2, 0.25) is 0 Å². The number of benzene rings is 2. The predicted molar refractivity (Wildman–Crippen MR) is 89.0 cm³/mol. The highest BCUT2D eigenvalue weighted by Gasteiger charge is 2.19. The molecule has 0 unspecified atom stereocenters. The summed E-state index contributed by atoms with van der Waals surface area (Å²) in [6.45, 7) is 1.75. The third-order valence-corrected chi connectivity index (χ3v) is 3.67. The van der Waals surface area contributed by atoms with Crippen LogP contribution in [0.5, 0.6) is 0 Å². The van der Waals surface area contributed by atoms with Gasteiger partial charge in [0.25, 0.3) is 0 Å². The molecule has 1 aliphatic rings.